The lowest BCUT2D eigenvalue weighted by Crippen LogP contribution is -2.59. The molecule has 2 rings (SSSR count). The first-order valence-corrected chi connectivity index (χ1v) is 10.1. The Labute approximate surface area is 170 Å². The van der Waals surface area contributed by atoms with Crippen LogP contribution in [0, 0.1) is 11.8 Å². The molecule has 2 heterocycles. The van der Waals surface area contributed by atoms with Crippen LogP contribution in [0.15, 0.2) is 0 Å². The van der Waals surface area contributed by atoms with Gasteiger partial charge in [0.1, 0.15) is 18.4 Å². The Morgan fingerprint density at radius 1 is 1.24 bits per heavy atom. The van der Waals surface area contributed by atoms with Crippen LogP contribution in [0.25, 0.3) is 0 Å². The number of hydrogen-bond donors (Lipinski definition) is 5. The number of primary amides is 1. The summed E-state index contributed by atoms with van der Waals surface area (Å²) in [6.07, 6.45) is -2.71. The molecule has 0 saturated carbocycles. The average molecular weight is 415 g/mol. The summed E-state index contributed by atoms with van der Waals surface area (Å²) in [5.41, 5.74) is 5.26. The normalized spacial score (nSPS) is 35.1. The zero-order valence-corrected chi connectivity index (χ0v) is 17.2. The lowest BCUT2D eigenvalue weighted by molar-refractivity contribution is -0.213. The molecule has 2 saturated heterocycles. The SMILES string of the molecule is CC(C(N)=O)C(=O)[C@@H]1CCCN1C(C)CC(=O)N[C@@H]1OC(CO)[C@@H](O)[C@H](O)C1C. The molecule has 10 heteroatoms. The number of nitrogens with one attached hydrogen (secondary N) is 1. The van der Waals surface area contributed by atoms with E-state index in [0.717, 1.165) is 6.42 Å². The minimum Gasteiger partial charge on any atom is -0.394 e. The monoisotopic (exact) mass is 415 g/mol. The standard InChI is InChI=1S/C19H33N3O7/c1-9(22-6-4-5-12(22)15(25)10(2)18(20)28)7-14(24)21-19-11(3)16(26)17(27)13(8-23)29-19/h9-13,16-17,19,23,26-27H,4-8H2,1-3H3,(H2,20,28)(H,21,24)/t9?,10?,11?,12-,13?,16+,17+,19+/m0/s1. The van der Waals surface area contributed by atoms with Gasteiger partial charge in [0.05, 0.1) is 24.7 Å². The van der Waals surface area contributed by atoms with E-state index in [9.17, 15) is 29.7 Å². The predicted octanol–water partition coefficient (Wildman–Crippen LogP) is -1.89. The summed E-state index contributed by atoms with van der Waals surface area (Å²) in [6, 6.07) is -0.699. The van der Waals surface area contributed by atoms with Gasteiger partial charge >= 0.3 is 0 Å². The van der Waals surface area contributed by atoms with Crippen molar-refractivity contribution < 1.29 is 34.4 Å². The third-order valence-corrected chi connectivity index (χ3v) is 6.07. The molecule has 6 N–H and O–H groups in total. The van der Waals surface area contributed by atoms with Gasteiger partial charge in [-0.3, -0.25) is 19.3 Å². The van der Waals surface area contributed by atoms with Crippen LogP contribution < -0.4 is 11.1 Å². The lowest BCUT2D eigenvalue weighted by Gasteiger charge is -2.41. The minimum atomic E-state index is -1.23. The number of amides is 2. The molecule has 2 aliphatic rings. The van der Waals surface area contributed by atoms with E-state index < -0.39 is 54.9 Å². The predicted molar refractivity (Wildman–Crippen MR) is 102 cm³/mol. The summed E-state index contributed by atoms with van der Waals surface area (Å²) in [7, 11) is 0. The summed E-state index contributed by atoms with van der Waals surface area (Å²) in [6.45, 7) is 5.13. The van der Waals surface area contributed by atoms with E-state index in [1.807, 2.05) is 11.8 Å². The van der Waals surface area contributed by atoms with Gasteiger partial charge in [0.15, 0.2) is 5.78 Å². The smallest absolute Gasteiger partial charge is 0.227 e. The molecule has 0 radical (unpaired) electrons. The molecular weight excluding hydrogens is 382 g/mol. The van der Waals surface area contributed by atoms with Gasteiger partial charge in [0, 0.05) is 18.4 Å². The Morgan fingerprint density at radius 3 is 2.48 bits per heavy atom. The number of carbonyl (C=O) groups excluding carboxylic acids is 3. The molecule has 0 aliphatic carbocycles. The van der Waals surface area contributed by atoms with E-state index >= 15 is 0 Å². The summed E-state index contributed by atoms with van der Waals surface area (Å²) in [4.78, 5) is 38.4. The Kier molecular flexibility index (Phi) is 8.12. The molecule has 10 nitrogen and oxygen atoms in total. The molecule has 2 fully saturated rings. The molecule has 0 aromatic carbocycles. The van der Waals surface area contributed by atoms with Crippen molar-refractivity contribution in [1.82, 2.24) is 10.2 Å². The van der Waals surface area contributed by atoms with Gasteiger partial charge in [-0.05, 0) is 33.2 Å². The second kappa shape index (κ2) is 9.94. The number of aliphatic hydroxyl groups excluding tert-OH is 3. The molecule has 0 bridgehead atoms. The maximum absolute atomic E-state index is 12.5. The number of likely N-dealkylation sites (tertiary alicyclic amines) is 1. The number of carbonyl (C=O) groups is 3. The first-order valence-electron chi connectivity index (χ1n) is 10.1. The number of aliphatic hydroxyl groups is 3. The van der Waals surface area contributed by atoms with Crippen LogP contribution in [0.1, 0.15) is 40.0 Å². The Hall–Kier alpha value is -1.59. The van der Waals surface area contributed by atoms with Crippen molar-refractivity contribution in [2.24, 2.45) is 17.6 Å². The number of ketones is 1. The zero-order chi connectivity index (χ0) is 21.9. The molecule has 0 spiro atoms. The topological polar surface area (TPSA) is 162 Å². The largest absolute Gasteiger partial charge is 0.394 e. The molecule has 4 unspecified atom stereocenters. The first-order chi connectivity index (χ1) is 13.6. The van der Waals surface area contributed by atoms with Gasteiger partial charge in [0.2, 0.25) is 11.8 Å². The van der Waals surface area contributed by atoms with E-state index in [2.05, 4.69) is 5.32 Å². The third-order valence-electron chi connectivity index (χ3n) is 6.07. The molecule has 2 aliphatic heterocycles. The van der Waals surface area contributed by atoms with E-state index in [4.69, 9.17) is 10.5 Å². The Morgan fingerprint density at radius 2 is 1.90 bits per heavy atom. The van der Waals surface area contributed by atoms with Crippen molar-refractivity contribution in [3.63, 3.8) is 0 Å². The minimum absolute atomic E-state index is 0.0871. The molecule has 2 amide bonds. The van der Waals surface area contributed by atoms with Gasteiger partial charge < -0.3 is 31.1 Å². The quantitative estimate of drug-likeness (QED) is 0.287. The van der Waals surface area contributed by atoms with E-state index in [1.165, 1.54) is 6.92 Å². The van der Waals surface area contributed by atoms with E-state index in [0.29, 0.717) is 13.0 Å². The summed E-state index contributed by atoms with van der Waals surface area (Å²) in [5.74, 6) is -2.66. The number of hydrogen-bond acceptors (Lipinski definition) is 8. The fourth-order valence-corrected chi connectivity index (χ4v) is 4.07. The summed E-state index contributed by atoms with van der Waals surface area (Å²) in [5, 5.41) is 32.0. The number of ether oxygens (including phenoxy) is 1. The summed E-state index contributed by atoms with van der Waals surface area (Å²) < 4.78 is 5.51. The number of nitrogens with two attached hydrogens (primary N) is 1. The van der Waals surface area contributed by atoms with Crippen LogP contribution in [-0.4, -0.2) is 87.6 Å². The van der Waals surface area contributed by atoms with Gasteiger partial charge in [-0.25, -0.2) is 0 Å². The van der Waals surface area contributed by atoms with Gasteiger partial charge in [-0.2, -0.15) is 0 Å². The molecular formula is C19H33N3O7. The fraction of sp³-hybridized carbons (Fsp3) is 0.842. The maximum Gasteiger partial charge on any atom is 0.227 e. The highest BCUT2D eigenvalue weighted by Gasteiger charge is 2.43. The molecule has 166 valence electrons. The Balaban J connectivity index is 1.96. The van der Waals surface area contributed by atoms with Crippen molar-refractivity contribution in [2.45, 2.75) is 76.7 Å². The van der Waals surface area contributed by atoms with Crippen molar-refractivity contribution in [2.75, 3.05) is 13.2 Å². The maximum atomic E-state index is 12.5. The van der Waals surface area contributed by atoms with Crippen molar-refractivity contribution in [3.8, 4) is 0 Å². The van der Waals surface area contributed by atoms with Crippen LogP contribution >= 0.6 is 0 Å². The van der Waals surface area contributed by atoms with E-state index in [-0.39, 0.29) is 24.2 Å². The Bertz CT molecular complexity index is 615. The highest BCUT2D eigenvalue weighted by Crippen LogP contribution is 2.26. The lowest BCUT2D eigenvalue weighted by atomic mass is 9.91. The molecule has 29 heavy (non-hydrogen) atoms. The van der Waals surface area contributed by atoms with Crippen LogP contribution in [-0.2, 0) is 19.1 Å². The average Bonchev–Trinajstić information content (AvgIpc) is 3.17. The van der Waals surface area contributed by atoms with Crippen LogP contribution in [0.4, 0.5) is 0 Å². The van der Waals surface area contributed by atoms with Crippen LogP contribution in [0.5, 0.6) is 0 Å². The second-order valence-corrected chi connectivity index (χ2v) is 8.16. The highest BCUT2D eigenvalue weighted by atomic mass is 16.5. The first kappa shape index (κ1) is 23.7. The third kappa shape index (κ3) is 5.32. The van der Waals surface area contributed by atoms with Gasteiger partial charge in [-0.15, -0.1) is 0 Å². The second-order valence-electron chi connectivity index (χ2n) is 8.16. The zero-order valence-electron chi connectivity index (χ0n) is 17.2. The van der Waals surface area contributed by atoms with Crippen molar-refractivity contribution in [1.29, 1.82) is 0 Å². The molecule has 0 aromatic heterocycles. The van der Waals surface area contributed by atoms with Crippen molar-refractivity contribution in [3.05, 3.63) is 0 Å². The highest BCUT2D eigenvalue weighted by molar-refractivity contribution is 6.02. The van der Waals surface area contributed by atoms with Crippen LogP contribution in [0.3, 0.4) is 0 Å². The van der Waals surface area contributed by atoms with Gasteiger partial charge in [0.25, 0.3) is 0 Å². The fourth-order valence-electron chi connectivity index (χ4n) is 4.07. The van der Waals surface area contributed by atoms with Gasteiger partial charge in [-0.1, -0.05) is 6.92 Å². The molecule has 8 atom stereocenters. The summed E-state index contributed by atoms with van der Waals surface area (Å²) >= 11 is 0. The van der Waals surface area contributed by atoms with E-state index in [1.54, 1.807) is 6.92 Å². The molecule has 0 aromatic rings. The number of nitrogens with zero attached hydrogens (tertiary/aromatic N) is 1. The number of Topliss-reactive ketones (excluding diaryl/α,β-unsaturated/α-hetero) is 1. The number of rotatable bonds is 8. The van der Waals surface area contributed by atoms with Crippen molar-refractivity contribution >= 4 is 17.6 Å². The van der Waals surface area contributed by atoms with Crippen LogP contribution in [0.2, 0.25) is 0 Å².